The second-order valence-electron chi connectivity index (χ2n) is 9.54. The highest BCUT2D eigenvalue weighted by atomic mass is 79.9. The highest BCUT2D eigenvalue weighted by Crippen LogP contribution is 2.52. The molecule has 1 saturated carbocycles. The summed E-state index contributed by atoms with van der Waals surface area (Å²) in [6.07, 6.45) is 1.65. The van der Waals surface area contributed by atoms with Gasteiger partial charge < -0.3 is 19.4 Å². The zero-order valence-corrected chi connectivity index (χ0v) is 19.0. The molecule has 0 radical (unpaired) electrons. The number of carbonyl (C=O) groups excluding carboxylic acids is 2. The topological polar surface area (TPSA) is 75.9 Å². The molecule has 8 heteroatoms. The number of imidazole rings is 1. The molecular weight excluding hydrogens is 436 g/mol. The minimum absolute atomic E-state index is 0.0256. The third-order valence-electron chi connectivity index (χ3n) is 5.65. The summed E-state index contributed by atoms with van der Waals surface area (Å²) in [4.78, 5) is 31.5. The van der Waals surface area contributed by atoms with Crippen LogP contribution in [0.4, 0.5) is 4.79 Å². The molecule has 0 aromatic carbocycles. The Morgan fingerprint density at radius 1 is 1.17 bits per heavy atom. The van der Waals surface area contributed by atoms with Gasteiger partial charge in [-0.25, -0.2) is 9.78 Å². The number of piperidine rings is 1. The predicted octanol–water partition coefficient (Wildman–Crippen LogP) is 3.56. The van der Waals surface area contributed by atoms with Crippen molar-refractivity contribution >= 4 is 33.4 Å². The molecule has 4 rings (SSSR count). The van der Waals surface area contributed by atoms with Gasteiger partial charge in [0.25, 0.3) is 0 Å². The van der Waals surface area contributed by atoms with Gasteiger partial charge in [0.15, 0.2) is 0 Å². The molecule has 156 valence electrons. The van der Waals surface area contributed by atoms with Crippen LogP contribution in [0.15, 0.2) is 29.0 Å². The number of ether oxygens (including phenoxy) is 1. The summed E-state index contributed by atoms with van der Waals surface area (Å²) in [6, 6.07) is 5.88. The zero-order valence-electron chi connectivity index (χ0n) is 17.4. The average molecular weight is 463 g/mol. The van der Waals surface area contributed by atoms with Crippen molar-refractivity contribution in [3.05, 3.63) is 34.8 Å². The maximum atomic E-state index is 13.0. The molecule has 1 N–H and O–H groups in total. The van der Waals surface area contributed by atoms with Crippen molar-refractivity contribution < 1.29 is 14.3 Å². The Morgan fingerprint density at radius 2 is 1.83 bits per heavy atom. The minimum atomic E-state index is -0.630. The number of nitrogens with one attached hydrogen (secondary N) is 1. The van der Waals surface area contributed by atoms with Crippen molar-refractivity contribution in [1.82, 2.24) is 19.6 Å². The highest BCUT2D eigenvalue weighted by Gasteiger charge is 2.61. The Morgan fingerprint density at radius 3 is 2.45 bits per heavy atom. The van der Waals surface area contributed by atoms with E-state index in [-0.39, 0.29) is 29.8 Å². The first-order valence-corrected chi connectivity index (χ1v) is 10.7. The number of halogens is 1. The van der Waals surface area contributed by atoms with E-state index in [0.29, 0.717) is 13.1 Å². The van der Waals surface area contributed by atoms with Gasteiger partial charge >= 0.3 is 6.09 Å². The summed E-state index contributed by atoms with van der Waals surface area (Å²) >= 11 is 3.50. The lowest BCUT2D eigenvalue weighted by atomic mass is 10.0. The first kappa shape index (κ1) is 20.2. The van der Waals surface area contributed by atoms with Crippen LogP contribution in [-0.4, -0.2) is 45.0 Å². The minimum Gasteiger partial charge on any atom is -0.444 e. The molecule has 3 atom stereocenters. The van der Waals surface area contributed by atoms with Crippen LogP contribution in [0.5, 0.6) is 0 Å². The summed E-state index contributed by atoms with van der Waals surface area (Å²) in [5.74, 6) is 1.17. The van der Waals surface area contributed by atoms with E-state index in [9.17, 15) is 9.59 Å². The van der Waals surface area contributed by atoms with Crippen molar-refractivity contribution in [2.45, 2.75) is 45.8 Å². The Labute approximate surface area is 178 Å². The molecule has 2 fully saturated rings. The van der Waals surface area contributed by atoms with Crippen LogP contribution < -0.4 is 5.32 Å². The van der Waals surface area contributed by atoms with E-state index < -0.39 is 11.1 Å². The van der Waals surface area contributed by atoms with Gasteiger partial charge in [-0.2, -0.15) is 0 Å². The van der Waals surface area contributed by atoms with Gasteiger partial charge in [0.1, 0.15) is 16.0 Å². The van der Waals surface area contributed by atoms with E-state index in [4.69, 9.17) is 4.74 Å². The molecule has 2 aromatic heterocycles. The monoisotopic (exact) mass is 462 g/mol. The number of likely N-dealkylation sites (tertiary alicyclic amines) is 1. The second-order valence-corrected chi connectivity index (χ2v) is 10.3. The highest BCUT2D eigenvalue weighted by molar-refractivity contribution is 9.10. The van der Waals surface area contributed by atoms with Gasteiger partial charge in [-0.05, 0) is 74.5 Å². The smallest absolute Gasteiger partial charge is 0.410 e. The number of fused-ring (bicyclic) bond motifs is 2. The fourth-order valence-corrected chi connectivity index (χ4v) is 4.77. The lowest BCUT2D eigenvalue weighted by molar-refractivity contribution is -0.125. The standard InChI is InChI=1S/C21H27BrN4O3/c1-20(2,3)29-19(28)25-10-12-13(11-25)15(12)17(27)24-21(4,5)18-23-16(22)14-8-6-7-9-26(14)18/h6-9,12-13,15H,10-11H2,1-5H3,(H,24,27)/t12-,13+,15?. The summed E-state index contributed by atoms with van der Waals surface area (Å²) in [5, 5.41) is 3.17. The fourth-order valence-electron chi connectivity index (χ4n) is 4.28. The summed E-state index contributed by atoms with van der Waals surface area (Å²) < 4.78 is 8.18. The van der Waals surface area contributed by atoms with E-state index >= 15 is 0 Å². The van der Waals surface area contributed by atoms with Crippen LogP contribution in [-0.2, 0) is 15.1 Å². The number of pyridine rings is 1. The van der Waals surface area contributed by atoms with Gasteiger partial charge in [0.2, 0.25) is 5.91 Å². The number of hydrogen-bond acceptors (Lipinski definition) is 4. The van der Waals surface area contributed by atoms with E-state index in [2.05, 4.69) is 26.2 Å². The molecule has 2 aromatic rings. The Balaban J connectivity index is 1.41. The fraction of sp³-hybridized carbons (Fsp3) is 0.571. The van der Waals surface area contributed by atoms with Crippen molar-refractivity contribution in [2.75, 3.05) is 13.1 Å². The predicted molar refractivity (Wildman–Crippen MR) is 112 cm³/mol. The van der Waals surface area contributed by atoms with Crippen molar-refractivity contribution in [2.24, 2.45) is 17.8 Å². The third-order valence-corrected chi connectivity index (χ3v) is 6.23. The average Bonchev–Trinajstić information content (AvgIpc) is 2.95. The Hall–Kier alpha value is -2.09. The second kappa shape index (κ2) is 6.72. The molecule has 1 saturated heterocycles. The van der Waals surface area contributed by atoms with E-state index in [1.54, 1.807) is 4.90 Å². The van der Waals surface area contributed by atoms with Crippen LogP contribution >= 0.6 is 15.9 Å². The van der Waals surface area contributed by atoms with Crippen LogP contribution in [0.2, 0.25) is 0 Å². The summed E-state index contributed by atoms with van der Waals surface area (Å²) in [6.45, 7) is 10.7. The molecular formula is C21H27BrN4O3. The van der Waals surface area contributed by atoms with Gasteiger partial charge in [-0.3, -0.25) is 4.79 Å². The molecule has 3 heterocycles. The van der Waals surface area contributed by atoms with Gasteiger partial charge in [-0.15, -0.1) is 0 Å². The number of rotatable bonds is 3. The van der Waals surface area contributed by atoms with Crippen molar-refractivity contribution in [3.63, 3.8) is 0 Å². The van der Waals surface area contributed by atoms with E-state index in [1.165, 1.54) is 0 Å². The number of nitrogens with zero attached hydrogens (tertiary/aromatic N) is 3. The molecule has 7 nitrogen and oxygen atoms in total. The maximum Gasteiger partial charge on any atom is 0.410 e. The third kappa shape index (κ3) is 3.74. The normalized spacial score (nSPS) is 23.8. The lowest BCUT2D eigenvalue weighted by Gasteiger charge is -2.27. The molecule has 1 aliphatic heterocycles. The first-order chi connectivity index (χ1) is 13.5. The molecule has 0 bridgehead atoms. The quantitative estimate of drug-likeness (QED) is 0.756. The molecule has 2 amide bonds. The molecule has 1 unspecified atom stereocenters. The van der Waals surface area contributed by atoms with E-state index in [0.717, 1.165) is 15.9 Å². The molecule has 1 aliphatic carbocycles. The number of carbonyl (C=O) groups is 2. The Kier molecular flexibility index (Phi) is 4.68. The van der Waals surface area contributed by atoms with Crippen LogP contribution in [0, 0.1) is 17.8 Å². The van der Waals surface area contributed by atoms with Gasteiger partial charge in [0, 0.05) is 25.2 Å². The van der Waals surface area contributed by atoms with Crippen LogP contribution in [0.25, 0.3) is 5.52 Å². The number of amides is 2. The van der Waals surface area contributed by atoms with Gasteiger partial charge in [-0.1, -0.05) is 6.07 Å². The molecule has 2 aliphatic rings. The summed E-state index contributed by atoms with van der Waals surface area (Å²) in [7, 11) is 0. The van der Waals surface area contributed by atoms with Crippen LogP contribution in [0.3, 0.4) is 0 Å². The largest absolute Gasteiger partial charge is 0.444 e. The van der Waals surface area contributed by atoms with Gasteiger partial charge in [0.05, 0.1) is 11.1 Å². The maximum absolute atomic E-state index is 13.0. The lowest BCUT2D eigenvalue weighted by Crippen LogP contribution is -2.45. The SMILES string of the molecule is CC(C)(C)OC(=O)N1C[C@@H]2C(C(=O)NC(C)(C)c3nc(Br)c4ccccn34)[C@@H]2C1. The van der Waals surface area contributed by atoms with Crippen molar-refractivity contribution in [1.29, 1.82) is 0 Å². The zero-order chi connectivity index (χ0) is 21.1. The van der Waals surface area contributed by atoms with Crippen LogP contribution in [0.1, 0.15) is 40.4 Å². The first-order valence-electron chi connectivity index (χ1n) is 9.91. The molecule has 29 heavy (non-hydrogen) atoms. The Bertz CT molecular complexity index is 966. The van der Waals surface area contributed by atoms with E-state index in [1.807, 2.05) is 63.4 Å². The summed E-state index contributed by atoms with van der Waals surface area (Å²) in [5.41, 5.74) is -0.178. The number of hydrogen-bond donors (Lipinski definition) is 1. The number of aromatic nitrogens is 2. The molecule has 0 spiro atoms. The van der Waals surface area contributed by atoms with Crippen molar-refractivity contribution in [3.8, 4) is 0 Å².